The topological polar surface area (TPSA) is 81.6 Å². The molecule has 0 radical (unpaired) electrons. The number of hydrogen-bond acceptors (Lipinski definition) is 6. The van der Waals surface area contributed by atoms with Gasteiger partial charge >= 0.3 is 0 Å². The molecule has 1 atom stereocenters. The van der Waals surface area contributed by atoms with E-state index in [1.807, 2.05) is 41.9 Å². The third-order valence-electron chi connectivity index (χ3n) is 4.33. The number of nitrogen functional groups attached to an aromatic ring is 1. The number of nitrogens with zero attached hydrogens (tertiary/aromatic N) is 5. The van der Waals surface area contributed by atoms with Crippen LogP contribution in [0, 0.1) is 6.92 Å². The van der Waals surface area contributed by atoms with Crippen LogP contribution in [0.5, 0.6) is 0 Å². The highest BCUT2D eigenvalue weighted by Gasteiger charge is 2.22. The van der Waals surface area contributed by atoms with E-state index in [0.29, 0.717) is 24.9 Å². The van der Waals surface area contributed by atoms with E-state index in [0.717, 1.165) is 29.1 Å². The molecule has 0 saturated carbocycles. The Bertz CT molecular complexity index is 890. The molecule has 0 aliphatic carbocycles. The second-order valence-electron chi connectivity index (χ2n) is 6.08. The Morgan fingerprint density at radius 3 is 3.00 bits per heavy atom. The number of nitrogens with two attached hydrogens (primary N) is 1. The molecule has 0 aromatic carbocycles. The molecule has 3 aromatic rings. The second-order valence-corrected chi connectivity index (χ2v) is 6.08. The van der Waals surface area contributed by atoms with Crippen LogP contribution >= 0.6 is 0 Å². The van der Waals surface area contributed by atoms with Crippen LogP contribution in [-0.2, 0) is 4.74 Å². The molecule has 3 aromatic heterocycles. The Morgan fingerprint density at radius 2 is 2.17 bits per heavy atom. The van der Waals surface area contributed by atoms with Crippen LogP contribution in [0.1, 0.15) is 12.6 Å². The summed E-state index contributed by atoms with van der Waals surface area (Å²) in [7, 11) is 0. The van der Waals surface area contributed by atoms with Crippen LogP contribution in [0.4, 0.5) is 11.6 Å². The molecule has 1 unspecified atom stereocenters. The van der Waals surface area contributed by atoms with E-state index in [4.69, 9.17) is 15.5 Å². The summed E-state index contributed by atoms with van der Waals surface area (Å²) in [6, 6.07) is 8.03. The molecule has 1 aliphatic rings. The molecule has 1 aliphatic heterocycles. The first-order valence-electron chi connectivity index (χ1n) is 8.07. The minimum Gasteiger partial charge on any atom is -0.384 e. The van der Waals surface area contributed by atoms with Crippen LogP contribution in [0.25, 0.3) is 16.9 Å². The molecule has 124 valence electrons. The normalized spacial score (nSPS) is 18.2. The molecule has 1 fully saturated rings. The lowest BCUT2D eigenvalue weighted by atomic mass is 10.2. The van der Waals surface area contributed by atoms with Gasteiger partial charge in [0.1, 0.15) is 11.6 Å². The van der Waals surface area contributed by atoms with Crippen molar-refractivity contribution in [3.63, 3.8) is 0 Å². The summed E-state index contributed by atoms with van der Waals surface area (Å²) in [6.45, 7) is 6.27. The highest BCUT2D eigenvalue weighted by molar-refractivity contribution is 5.79. The van der Waals surface area contributed by atoms with Crippen molar-refractivity contribution < 1.29 is 4.74 Å². The van der Waals surface area contributed by atoms with Crippen molar-refractivity contribution in [2.75, 3.05) is 30.4 Å². The summed E-state index contributed by atoms with van der Waals surface area (Å²) in [5.74, 6) is 1.91. The smallest absolute Gasteiger partial charge is 0.167 e. The molecular formula is C17H20N6O. The van der Waals surface area contributed by atoms with Gasteiger partial charge in [-0.15, -0.1) is 0 Å². The van der Waals surface area contributed by atoms with E-state index in [1.165, 1.54) is 0 Å². The number of aromatic nitrogens is 4. The number of ether oxygens (including phenoxy) is 1. The molecule has 1 saturated heterocycles. The first-order chi connectivity index (χ1) is 11.6. The molecule has 7 heteroatoms. The maximum Gasteiger partial charge on any atom is 0.167 e. The van der Waals surface area contributed by atoms with Gasteiger partial charge in [-0.05, 0) is 26.0 Å². The number of aryl methyl sites for hydroxylation is 1. The van der Waals surface area contributed by atoms with Gasteiger partial charge in [0, 0.05) is 18.8 Å². The van der Waals surface area contributed by atoms with Gasteiger partial charge in [0.05, 0.1) is 36.0 Å². The van der Waals surface area contributed by atoms with Crippen molar-refractivity contribution in [3.8, 4) is 11.4 Å². The summed E-state index contributed by atoms with van der Waals surface area (Å²) in [6.07, 6.45) is 1.92. The molecule has 0 amide bonds. The number of rotatable bonds is 2. The molecule has 7 nitrogen and oxygen atoms in total. The van der Waals surface area contributed by atoms with Crippen molar-refractivity contribution in [3.05, 3.63) is 36.2 Å². The fourth-order valence-corrected chi connectivity index (χ4v) is 3.17. The van der Waals surface area contributed by atoms with Gasteiger partial charge in [0.15, 0.2) is 5.82 Å². The van der Waals surface area contributed by atoms with Gasteiger partial charge in [-0.1, -0.05) is 6.07 Å². The van der Waals surface area contributed by atoms with E-state index in [1.54, 1.807) is 0 Å². The van der Waals surface area contributed by atoms with Crippen molar-refractivity contribution in [2.45, 2.75) is 19.9 Å². The minimum atomic E-state index is 0.255. The highest BCUT2D eigenvalue weighted by atomic mass is 16.5. The fraction of sp³-hybridized carbons (Fsp3) is 0.353. The zero-order chi connectivity index (χ0) is 16.7. The summed E-state index contributed by atoms with van der Waals surface area (Å²) < 4.78 is 7.35. The van der Waals surface area contributed by atoms with E-state index in [9.17, 15) is 0 Å². The van der Waals surface area contributed by atoms with E-state index < -0.39 is 0 Å². The van der Waals surface area contributed by atoms with Crippen LogP contribution in [0.3, 0.4) is 0 Å². The summed E-state index contributed by atoms with van der Waals surface area (Å²) in [5, 5.41) is 4.54. The average molecular weight is 324 g/mol. The molecule has 0 spiro atoms. The number of morpholine rings is 1. The van der Waals surface area contributed by atoms with E-state index in [2.05, 4.69) is 21.9 Å². The molecule has 4 heterocycles. The molecule has 24 heavy (non-hydrogen) atoms. The molecule has 2 N–H and O–H groups in total. The van der Waals surface area contributed by atoms with E-state index in [-0.39, 0.29) is 6.04 Å². The Morgan fingerprint density at radius 1 is 1.29 bits per heavy atom. The molecular weight excluding hydrogens is 304 g/mol. The quantitative estimate of drug-likeness (QED) is 0.775. The van der Waals surface area contributed by atoms with Crippen LogP contribution in [-0.4, -0.2) is 45.4 Å². The standard InChI is InChI=1S/C17H20N6O/c1-11-10-24-8-7-22(11)15-9-14(18)19-17(20-15)16-12(2)21-23-6-4-3-5-13(16)23/h3-6,9,11H,7-8,10H2,1-2H3,(H2,18,19,20). The van der Waals surface area contributed by atoms with Crippen molar-refractivity contribution in [1.82, 2.24) is 19.6 Å². The summed E-state index contributed by atoms with van der Waals surface area (Å²) in [4.78, 5) is 11.5. The largest absolute Gasteiger partial charge is 0.384 e. The lowest BCUT2D eigenvalue weighted by Crippen LogP contribution is -2.44. The van der Waals surface area contributed by atoms with Crippen molar-refractivity contribution >= 4 is 17.2 Å². The maximum atomic E-state index is 6.08. The van der Waals surface area contributed by atoms with Gasteiger partial charge in [-0.2, -0.15) is 5.10 Å². The van der Waals surface area contributed by atoms with Gasteiger partial charge in [0.2, 0.25) is 0 Å². The van der Waals surface area contributed by atoms with Gasteiger partial charge in [-0.3, -0.25) is 0 Å². The molecule has 4 rings (SSSR count). The van der Waals surface area contributed by atoms with Crippen molar-refractivity contribution in [1.29, 1.82) is 0 Å². The number of pyridine rings is 1. The Labute approximate surface area is 140 Å². The first-order valence-corrected chi connectivity index (χ1v) is 8.07. The summed E-state index contributed by atoms with van der Waals surface area (Å²) in [5.41, 5.74) is 8.85. The maximum absolute atomic E-state index is 6.08. The average Bonchev–Trinajstić information content (AvgIpc) is 2.90. The fourth-order valence-electron chi connectivity index (χ4n) is 3.17. The SMILES string of the molecule is Cc1nn2ccccc2c1-c1nc(N)cc(N2CCOCC2C)n1. The first kappa shape index (κ1) is 14.9. The summed E-state index contributed by atoms with van der Waals surface area (Å²) >= 11 is 0. The number of hydrogen-bond donors (Lipinski definition) is 1. The van der Waals surface area contributed by atoms with Crippen LogP contribution < -0.4 is 10.6 Å². The second kappa shape index (κ2) is 5.76. The third-order valence-corrected chi connectivity index (χ3v) is 4.33. The van der Waals surface area contributed by atoms with Crippen LogP contribution in [0.15, 0.2) is 30.5 Å². The van der Waals surface area contributed by atoms with E-state index >= 15 is 0 Å². The van der Waals surface area contributed by atoms with Gasteiger partial charge in [-0.25, -0.2) is 14.5 Å². The Balaban J connectivity index is 1.85. The lowest BCUT2D eigenvalue weighted by molar-refractivity contribution is 0.0985. The highest BCUT2D eigenvalue weighted by Crippen LogP contribution is 2.28. The predicted octanol–water partition coefficient (Wildman–Crippen LogP) is 1.91. The number of anilines is 2. The van der Waals surface area contributed by atoms with Crippen molar-refractivity contribution in [2.24, 2.45) is 0 Å². The third kappa shape index (κ3) is 2.46. The zero-order valence-corrected chi connectivity index (χ0v) is 13.8. The van der Waals surface area contributed by atoms with Gasteiger partial charge < -0.3 is 15.4 Å². The molecule has 0 bridgehead atoms. The van der Waals surface area contributed by atoms with Gasteiger partial charge in [0.25, 0.3) is 0 Å². The Hall–Kier alpha value is -2.67. The minimum absolute atomic E-state index is 0.255. The predicted molar refractivity (Wildman–Crippen MR) is 93.0 cm³/mol. The Kier molecular flexibility index (Phi) is 3.57. The number of fused-ring (bicyclic) bond motifs is 1. The monoisotopic (exact) mass is 324 g/mol. The zero-order valence-electron chi connectivity index (χ0n) is 13.8. The van der Waals surface area contributed by atoms with Crippen LogP contribution in [0.2, 0.25) is 0 Å². The lowest BCUT2D eigenvalue weighted by Gasteiger charge is -2.34.